The molecule has 1 aromatic rings. The average molecular weight is 221 g/mol. The molecule has 84 valence electrons. The largest absolute Gasteiger partial charge is 0.299 e. The van der Waals surface area contributed by atoms with Crippen LogP contribution in [0.3, 0.4) is 0 Å². The van der Waals surface area contributed by atoms with Crippen molar-refractivity contribution in [3.8, 4) is 0 Å². The maximum Gasteiger partial charge on any atom is 0.129 e. The molecule has 2 aliphatic carbocycles. The van der Waals surface area contributed by atoms with Gasteiger partial charge in [0, 0.05) is 24.1 Å². The minimum absolute atomic E-state index is 0.0540. The van der Waals surface area contributed by atoms with E-state index in [1.165, 1.54) is 6.07 Å². The summed E-state index contributed by atoms with van der Waals surface area (Å²) < 4.78 is 26.6. The van der Waals surface area contributed by atoms with Crippen LogP contribution < -0.4 is 0 Å². The van der Waals surface area contributed by atoms with Gasteiger partial charge in [0.15, 0.2) is 0 Å². The summed E-state index contributed by atoms with van der Waals surface area (Å²) in [6.45, 7) is 4.16. The molecule has 16 heavy (non-hydrogen) atoms. The zero-order valence-electron chi connectivity index (χ0n) is 9.08. The maximum atomic E-state index is 13.8. The SMILES string of the molecule is CCN1CC2(c3ccc(F)cc3F)C3C1C32. The van der Waals surface area contributed by atoms with Crippen molar-refractivity contribution in [1.29, 1.82) is 0 Å². The first-order valence-electron chi connectivity index (χ1n) is 5.89. The normalized spacial score (nSPS) is 43.3. The van der Waals surface area contributed by atoms with E-state index in [1.54, 1.807) is 6.07 Å². The molecule has 4 fully saturated rings. The Hall–Kier alpha value is -0.960. The number of likely N-dealkylation sites (N-methyl/N-ethyl adjacent to an activating group) is 1. The number of nitrogens with zero attached hydrogens (tertiary/aromatic N) is 1. The van der Waals surface area contributed by atoms with Crippen LogP contribution in [-0.4, -0.2) is 24.0 Å². The van der Waals surface area contributed by atoms with Gasteiger partial charge in [-0.05, 0) is 30.0 Å². The summed E-state index contributed by atoms with van der Waals surface area (Å²) in [6.07, 6.45) is 0. The second kappa shape index (κ2) is 2.48. The Morgan fingerprint density at radius 1 is 1.38 bits per heavy atom. The number of benzene rings is 1. The van der Waals surface area contributed by atoms with Gasteiger partial charge in [0.2, 0.25) is 0 Å². The van der Waals surface area contributed by atoms with Gasteiger partial charge in [-0.25, -0.2) is 8.78 Å². The highest BCUT2D eigenvalue weighted by Crippen LogP contribution is 2.83. The van der Waals surface area contributed by atoms with Gasteiger partial charge in [0.1, 0.15) is 11.6 Å². The average Bonchev–Trinajstić information content (AvgIpc) is 3.06. The van der Waals surface area contributed by atoms with E-state index in [4.69, 9.17) is 0 Å². The topological polar surface area (TPSA) is 3.24 Å². The molecule has 3 heteroatoms. The summed E-state index contributed by atoms with van der Waals surface area (Å²) >= 11 is 0. The van der Waals surface area contributed by atoms with Gasteiger partial charge in [-0.1, -0.05) is 13.0 Å². The smallest absolute Gasteiger partial charge is 0.129 e. The third-order valence-electron chi connectivity index (χ3n) is 4.79. The molecule has 2 bridgehead atoms. The number of hydrogen-bond donors (Lipinski definition) is 0. The van der Waals surface area contributed by atoms with Crippen molar-refractivity contribution in [2.45, 2.75) is 18.4 Å². The second-order valence-electron chi connectivity index (χ2n) is 5.27. The first-order chi connectivity index (χ1) is 7.70. The highest BCUT2D eigenvalue weighted by molar-refractivity contribution is 5.53. The molecule has 0 radical (unpaired) electrons. The number of piperidine rings is 1. The predicted molar refractivity (Wildman–Crippen MR) is 56.1 cm³/mol. The van der Waals surface area contributed by atoms with Gasteiger partial charge in [0.05, 0.1) is 0 Å². The molecule has 2 atom stereocenters. The van der Waals surface area contributed by atoms with E-state index in [0.29, 0.717) is 17.9 Å². The van der Waals surface area contributed by atoms with Gasteiger partial charge < -0.3 is 0 Å². The van der Waals surface area contributed by atoms with Crippen LogP contribution in [0.5, 0.6) is 0 Å². The van der Waals surface area contributed by atoms with E-state index in [9.17, 15) is 8.78 Å². The van der Waals surface area contributed by atoms with Gasteiger partial charge >= 0.3 is 0 Å². The summed E-state index contributed by atoms with van der Waals surface area (Å²) in [6, 6.07) is 4.75. The third-order valence-corrected chi connectivity index (χ3v) is 4.79. The minimum Gasteiger partial charge on any atom is -0.299 e. The van der Waals surface area contributed by atoms with Crippen molar-refractivity contribution in [2.24, 2.45) is 11.8 Å². The van der Waals surface area contributed by atoms with Gasteiger partial charge in [-0.15, -0.1) is 0 Å². The van der Waals surface area contributed by atoms with Crippen molar-refractivity contribution in [3.05, 3.63) is 35.4 Å². The van der Waals surface area contributed by atoms with Crippen molar-refractivity contribution >= 4 is 0 Å². The highest BCUT2D eigenvalue weighted by Gasteiger charge is 2.90. The zero-order chi connectivity index (χ0) is 11.1. The minimum atomic E-state index is -0.478. The van der Waals surface area contributed by atoms with E-state index in [0.717, 1.165) is 24.7 Å². The first-order valence-corrected chi connectivity index (χ1v) is 5.89. The van der Waals surface area contributed by atoms with Crippen LogP contribution in [0.4, 0.5) is 8.78 Å². The quantitative estimate of drug-likeness (QED) is 0.739. The molecule has 1 nitrogen and oxygen atoms in total. The van der Waals surface area contributed by atoms with Crippen molar-refractivity contribution in [1.82, 2.24) is 4.90 Å². The van der Waals surface area contributed by atoms with Crippen LogP contribution in [0, 0.1) is 23.5 Å². The lowest BCUT2D eigenvalue weighted by molar-refractivity contribution is 0.338. The van der Waals surface area contributed by atoms with Crippen LogP contribution in [0.25, 0.3) is 0 Å². The van der Waals surface area contributed by atoms with Crippen LogP contribution in [0.15, 0.2) is 18.2 Å². The van der Waals surface area contributed by atoms with Gasteiger partial charge in [0.25, 0.3) is 0 Å². The Morgan fingerprint density at radius 3 is 2.69 bits per heavy atom. The summed E-state index contributed by atoms with van der Waals surface area (Å²) in [4.78, 5) is 2.43. The fraction of sp³-hybridized carbons (Fsp3) is 0.538. The van der Waals surface area contributed by atoms with Crippen LogP contribution >= 0.6 is 0 Å². The lowest BCUT2D eigenvalue weighted by Gasteiger charge is -2.16. The summed E-state index contributed by atoms with van der Waals surface area (Å²) in [5.74, 6) is 0.484. The fourth-order valence-corrected chi connectivity index (χ4v) is 4.03. The standard InChI is InChI=1S/C13H13F2N/c1-2-16-6-13(10-11(13)12(10)16)8-4-3-7(14)5-9(8)15/h3-5,10-12H,2,6H2,1H3. The molecule has 2 aliphatic heterocycles. The van der Waals surface area contributed by atoms with Crippen LogP contribution in [0.2, 0.25) is 0 Å². The van der Waals surface area contributed by atoms with E-state index in [1.807, 2.05) is 0 Å². The Labute approximate surface area is 93.1 Å². The Bertz CT molecular complexity index is 475. The molecule has 1 aromatic carbocycles. The molecule has 5 rings (SSSR count). The molecular formula is C13H13F2N. The maximum absolute atomic E-state index is 13.8. The van der Waals surface area contributed by atoms with Crippen molar-refractivity contribution in [3.63, 3.8) is 0 Å². The molecule has 2 heterocycles. The summed E-state index contributed by atoms with van der Waals surface area (Å²) in [5.41, 5.74) is 0.800. The van der Waals surface area contributed by atoms with Crippen molar-refractivity contribution in [2.75, 3.05) is 13.1 Å². The Kier molecular flexibility index (Phi) is 1.41. The fourth-order valence-electron chi connectivity index (χ4n) is 4.03. The van der Waals surface area contributed by atoms with Gasteiger partial charge in [-0.2, -0.15) is 0 Å². The monoisotopic (exact) mass is 221 g/mol. The molecule has 2 saturated carbocycles. The Balaban J connectivity index is 1.74. The third kappa shape index (κ3) is 0.786. The lowest BCUT2D eigenvalue weighted by Crippen LogP contribution is -2.21. The number of fused-ring (bicyclic) bond motifs is 1. The van der Waals surface area contributed by atoms with Crippen LogP contribution in [0.1, 0.15) is 12.5 Å². The highest BCUT2D eigenvalue weighted by atomic mass is 19.1. The molecular weight excluding hydrogens is 208 g/mol. The van der Waals surface area contributed by atoms with Gasteiger partial charge in [-0.3, -0.25) is 4.90 Å². The lowest BCUT2D eigenvalue weighted by atomic mass is 9.88. The summed E-state index contributed by atoms with van der Waals surface area (Å²) in [7, 11) is 0. The zero-order valence-corrected chi connectivity index (χ0v) is 9.08. The predicted octanol–water partition coefficient (Wildman–Crippen LogP) is 2.17. The summed E-state index contributed by atoms with van der Waals surface area (Å²) in [5, 5.41) is 0. The van der Waals surface area contributed by atoms with E-state index in [2.05, 4.69) is 11.8 Å². The number of hydrogen-bond acceptors (Lipinski definition) is 1. The molecule has 0 aromatic heterocycles. The molecule has 2 unspecified atom stereocenters. The molecule has 0 amide bonds. The van der Waals surface area contributed by atoms with E-state index >= 15 is 0 Å². The molecule has 0 N–H and O–H groups in total. The number of halogens is 2. The molecule has 0 spiro atoms. The van der Waals surface area contributed by atoms with Crippen LogP contribution in [-0.2, 0) is 5.41 Å². The molecule has 4 aliphatic rings. The Morgan fingerprint density at radius 2 is 2.12 bits per heavy atom. The second-order valence-corrected chi connectivity index (χ2v) is 5.27. The van der Waals surface area contributed by atoms with E-state index < -0.39 is 5.82 Å². The van der Waals surface area contributed by atoms with E-state index in [-0.39, 0.29) is 11.2 Å². The van der Waals surface area contributed by atoms with Crippen molar-refractivity contribution < 1.29 is 8.78 Å². The number of rotatable bonds is 2. The molecule has 2 saturated heterocycles. The first kappa shape index (κ1) is 9.11.